The van der Waals surface area contributed by atoms with Gasteiger partial charge in [0.1, 0.15) is 11.3 Å². The molecular weight excluding hydrogens is 219 g/mol. The summed E-state index contributed by atoms with van der Waals surface area (Å²) in [5.41, 5.74) is 7.35. The summed E-state index contributed by atoms with van der Waals surface area (Å²) in [5, 5.41) is 0. The molecule has 0 unspecified atom stereocenters. The number of rotatable bonds is 1. The Balaban J connectivity index is 2.38. The average molecular weight is 228 g/mol. The molecule has 0 saturated heterocycles. The van der Waals surface area contributed by atoms with Gasteiger partial charge < -0.3 is 5.73 Å². The largest absolute Gasteiger partial charge is 0.369 e. The molecule has 0 aliphatic heterocycles. The van der Waals surface area contributed by atoms with Crippen LogP contribution in [0.25, 0.3) is 16.9 Å². The van der Waals surface area contributed by atoms with E-state index in [1.807, 2.05) is 0 Å². The summed E-state index contributed by atoms with van der Waals surface area (Å²) in [5.74, 6) is -0.132. The molecule has 3 aromatic rings. The first-order valence-electron chi connectivity index (χ1n) is 5.11. The Morgan fingerprint density at radius 1 is 1.12 bits per heavy atom. The van der Waals surface area contributed by atoms with Crippen LogP contribution in [0.3, 0.4) is 0 Å². The van der Waals surface area contributed by atoms with Gasteiger partial charge in [-0.3, -0.25) is 4.57 Å². The Labute approximate surface area is 96.5 Å². The van der Waals surface area contributed by atoms with E-state index in [-0.39, 0.29) is 11.8 Å². The molecule has 0 atom stereocenters. The summed E-state index contributed by atoms with van der Waals surface area (Å²) < 4.78 is 15.2. The van der Waals surface area contributed by atoms with E-state index in [1.165, 1.54) is 10.6 Å². The highest BCUT2D eigenvalue weighted by Gasteiger charge is 2.13. The molecule has 17 heavy (non-hydrogen) atoms. The zero-order chi connectivity index (χ0) is 11.8. The van der Waals surface area contributed by atoms with E-state index in [4.69, 9.17) is 5.73 Å². The van der Waals surface area contributed by atoms with Crippen molar-refractivity contribution in [3.8, 4) is 5.69 Å². The maximum atomic E-state index is 13.7. The van der Waals surface area contributed by atoms with E-state index < -0.39 is 0 Å². The van der Waals surface area contributed by atoms with Gasteiger partial charge in [-0.25, -0.2) is 14.4 Å². The molecule has 0 bridgehead atoms. The molecule has 2 aromatic heterocycles. The van der Waals surface area contributed by atoms with E-state index in [9.17, 15) is 4.39 Å². The first-order chi connectivity index (χ1) is 8.27. The molecule has 3 rings (SSSR count). The summed E-state index contributed by atoms with van der Waals surface area (Å²) >= 11 is 0. The summed E-state index contributed by atoms with van der Waals surface area (Å²) in [6, 6.07) is 9.94. The fourth-order valence-electron chi connectivity index (χ4n) is 1.80. The zero-order valence-electron chi connectivity index (χ0n) is 8.84. The van der Waals surface area contributed by atoms with Gasteiger partial charge in [-0.1, -0.05) is 12.1 Å². The molecule has 0 amide bonds. The molecule has 0 aliphatic carbocycles. The van der Waals surface area contributed by atoms with Crippen molar-refractivity contribution in [1.29, 1.82) is 0 Å². The second-order valence-corrected chi connectivity index (χ2v) is 3.60. The molecule has 0 saturated carbocycles. The second kappa shape index (κ2) is 3.55. The fraction of sp³-hybridized carbons (Fsp3) is 0. The topological polar surface area (TPSA) is 56.7 Å². The minimum atomic E-state index is -0.357. The van der Waals surface area contributed by atoms with Crippen LogP contribution in [-0.4, -0.2) is 14.5 Å². The van der Waals surface area contributed by atoms with Gasteiger partial charge in [0.15, 0.2) is 5.65 Å². The van der Waals surface area contributed by atoms with Crippen molar-refractivity contribution in [3.63, 3.8) is 0 Å². The number of fused-ring (bicyclic) bond motifs is 1. The minimum Gasteiger partial charge on any atom is -0.369 e. The van der Waals surface area contributed by atoms with Crippen LogP contribution in [0.15, 0.2) is 42.6 Å². The van der Waals surface area contributed by atoms with Crippen LogP contribution in [0.4, 0.5) is 10.3 Å². The number of hydrogen-bond acceptors (Lipinski definition) is 3. The van der Waals surface area contributed by atoms with Crippen LogP contribution in [0.2, 0.25) is 0 Å². The number of aromatic nitrogens is 3. The lowest BCUT2D eigenvalue weighted by atomic mass is 10.3. The summed E-state index contributed by atoms with van der Waals surface area (Å²) in [6.45, 7) is 0. The van der Waals surface area contributed by atoms with Crippen LogP contribution in [-0.2, 0) is 0 Å². The van der Waals surface area contributed by atoms with Gasteiger partial charge in [-0.2, -0.15) is 0 Å². The van der Waals surface area contributed by atoms with Gasteiger partial charge in [0.2, 0.25) is 5.95 Å². The Morgan fingerprint density at radius 2 is 1.94 bits per heavy atom. The molecule has 0 radical (unpaired) electrons. The molecule has 1 aromatic carbocycles. The third kappa shape index (κ3) is 1.44. The van der Waals surface area contributed by atoms with E-state index in [0.29, 0.717) is 16.9 Å². The van der Waals surface area contributed by atoms with Crippen LogP contribution >= 0.6 is 0 Å². The van der Waals surface area contributed by atoms with Crippen LogP contribution < -0.4 is 5.73 Å². The Bertz CT molecular complexity index is 690. The summed E-state index contributed by atoms with van der Waals surface area (Å²) in [6.07, 6.45) is 1.63. The Morgan fingerprint density at radius 3 is 2.76 bits per heavy atom. The van der Waals surface area contributed by atoms with Crippen molar-refractivity contribution >= 4 is 17.1 Å². The number of nitrogen functional groups attached to an aromatic ring is 1. The first-order valence-corrected chi connectivity index (χ1v) is 5.11. The first kappa shape index (κ1) is 9.77. The van der Waals surface area contributed by atoms with Gasteiger partial charge >= 0.3 is 0 Å². The molecule has 84 valence electrons. The molecular formula is C12H9FN4. The SMILES string of the molecule is Nc1nc2cccnc2n1-c1ccccc1F. The number of anilines is 1. The maximum absolute atomic E-state index is 13.7. The van der Waals surface area contributed by atoms with Crippen molar-refractivity contribution in [2.24, 2.45) is 0 Å². The molecule has 0 aliphatic rings. The van der Waals surface area contributed by atoms with E-state index in [1.54, 1.807) is 36.5 Å². The number of pyridine rings is 1. The van der Waals surface area contributed by atoms with Crippen molar-refractivity contribution in [2.45, 2.75) is 0 Å². The quantitative estimate of drug-likeness (QED) is 0.694. The molecule has 0 fully saturated rings. The van der Waals surface area contributed by atoms with Gasteiger partial charge in [-0.05, 0) is 24.3 Å². The zero-order valence-corrected chi connectivity index (χ0v) is 8.84. The minimum absolute atomic E-state index is 0.226. The average Bonchev–Trinajstić information content (AvgIpc) is 2.66. The van der Waals surface area contributed by atoms with Gasteiger partial charge in [0, 0.05) is 6.20 Å². The van der Waals surface area contributed by atoms with Crippen LogP contribution in [0.1, 0.15) is 0 Å². The third-order valence-corrected chi connectivity index (χ3v) is 2.54. The number of imidazole rings is 1. The molecule has 2 N–H and O–H groups in total. The van der Waals surface area contributed by atoms with Crippen LogP contribution in [0, 0.1) is 5.82 Å². The highest BCUT2D eigenvalue weighted by molar-refractivity contribution is 5.76. The van der Waals surface area contributed by atoms with Crippen molar-refractivity contribution in [1.82, 2.24) is 14.5 Å². The Kier molecular flexibility index (Phi) is 2.04. The molecule has 2 heterocycles. The number of hydrogen-bond donors (Lipinski definition) is 1. The lowest BCUT2D eigenvalue weighted by molar-refractivity contribution is 0.619. The smallest absolute Gasteiger partial charge is 0.207 e. The van der Waals surface area contributed by atoms with Gasteiger partial charge in [-0.15, -0.1) is 0 Å². The highest BCUT2D eigenvalue weighted by Crippen LogP contribution is 2.22. The second-order valence-electron chi connectivity index (χ2n) is 3.60. The van der Waals surface area contributed by atoms with Gasteiger partial charge in [0.05, 0.1) is 5.69 Å². The predicted octanol–water partition coefficient (Wildman–Crippen LogP) is 2.14. The van der Waals surface area contributed by atoms with E-state index in [0.717, 1.165) is 0 Å². The normalized spacial score (nSPS) is 10.9. The fourth-order valence-corrected chi connectivity index (χ4v) is 1.80. The number of para-hydroxylation sites is 1. The number of benzene rings is 1. The molecule has 0 spiro atoms. The third-order valence-electron chi connectivity index (χ3n) is 2.54. The monoisotopic (exact) mass is 228 g/mol. The van der Waals surface area contributed by atoms with E-state index >= 15 is 0 Å². The highest BCUT2D eigenvalue weighted by atomic mass is 19.1. The van der Waals surface area contributed by atoms with Crippen molar-refractivity contribution in [3.05, 3.63) is 48.4 Å². The number of nitrogens with two attached hydrogens (primary N) is 1. The molecule has 5 heteroatoms. The lowest BCUT2D eigenvalue weighted by Gasteiger charge is -2.06. The number of nitrogens with zero attached hydrogens (tertiary/aromatic N) is 3. The summed E-state index contributed by atoms with van der Waals surface area (Å²) in [7, 11) is 0. The standard InChI is InChI=1S/C12H9FN4/c13-8-4-1-2-6-10(8)17-11-9(16-12(17)14)5-3-7-15-11/h1-7H,(H2,14,16). The van der Waals surface area contributed by atoms with E-state index in [2.05, 4.69) is 9.97 Å². The number of halogens is 1. The Hall–Kier alpha value is -2.43. The summed E-state index contributed by atoms with van der Waals surface area (Å²) in [4.78, 5) is 8.32. The van der Waals surface area contributed by atoms with Gasteiger partial charge in [0.25, 0.3) is 0 Å². The predicted molar refractivity (Wildman–Crippen MR) is 63.2 cm³/mol. The lowest BCUT2D eigenvalue weighted by Crippen LogP contribution is -2.03. The van der Waals surface area contributed by atoms with Crippen molar-refractivity contribution in [2.75, 3.05) is 5.73 Å². The van der Waals surface area contributed by atoms with Crippen LogP contribution in [0.5, 0.6) is 0 Å². The maximum Gasteiger partial charge on any atom is 0.207 e. The van der Waals surface area contributed by atoms with Crippen molar-refractivity contribution < 1.29 is 4.39 Å². The molecule has 4 nitrogen and oxygen atoms in total.